The van der Waals surface area contributed by atoms with Gasteiger partial charge in [0.15, 0.2) is 0 Å². The van der Waals surface area contributed by atoms with Gasteiger partial charge in [-0.1, -0.05) is 0 Å². The Labute approximate surface area is 201 Å². The van der Waals surface area contributed by atoms with Crippen LogP contribution in [0.5, 0.6) is 5.75 Å². The summed E-state index contributed by atoms with van der Waals surface area (Å²) in [7, 11) is 0. The van der Waals surface area contributed by atoms with E-state index in [4.69, 9.17) is 9.47 Å². The minimum Gasteiger partial charge on any atom is -0.493 e. The van der Waals surface area contributed by atoms with Crippen molar-refractivity contribution in [2.45, 2.75) is 6.92 Å². The summed E-state index contributed by atoms with van der Waals surface area (Å²) >= 11 is 3.47. The van der Waals surface area contributed by atoms with Crippen LogP contribution in [0.2, 0.25) is 0 Å². The molecule has 2 fully saturated rings. The molecule has 9 nitrogen and oxygen atoms in total. The average Bonchev–Trinajstić information content (AvgIpc) is 2.85. The van der Waals surface area contributed by atoms with Crippen LogP contribution in [-0.4, -0.2) is 74.8 Å². The van der Waals surface area contributed by atoms with E-state index in [1.165, 1.54) is 0 Å². The van der Waals surface area contributed by atoms with Crippen molar-refractivity contribution in [3.63, 3.8) is 0 Å². The quantitative estimate of drug-likeness (QED) is 0.426. The Hall–Kier alpha value is -2.85. The number of benzene rings is 2. The number of hydrogen-bond donors (Lipinski definition) is 0. The smallest absolute Gasteiger partial charge is 0.292 e. The largest absolute Gasteiger partial charge is 0.493 e. The van der Waals surface area contributed by atoms with Crippen molar-refractivity contribution in [3.8, 4) is 5.75 Å². The zero-order valence-electron chi connectivity index (χ0n) is 18.5. The molecule has 33 heavy (non-hydrogen) atoms. The Morgan fingerprint density at radius 1 is 1.06 bits per heavy atom. The fraction of sp³-hybridized carbons (Fsp3) is 0.435. The van der Waals surface area contributed by atoms with E-state index in [-0.39, 0.29) is 16.5 Å². The van der Waals surface area contributed by atoms with Gasteiger partial charge in [-0.3, -0.25) is 14.9 Å². The lowest BCUT2D eigenvalue weighted by Gasteiger charge is -2.37. The van der Waals surface area contributed by atoms with Gasteiger partial charge < -0.3 is 24.2 Å². The number of anilines is 2. The zero-order chi connectivity index (χ0) is 23.4. The molecule has 2 saturated heterocycles. The Kier molecular flexibility index (Phi) is 7.34. The third kappa shape index (κ3) is 5.22. The summed E-state index contributed by atoms with van der Waals surface area (Å²) in [4.78, 5) is 30.2. The van der Waals surface area contributed by atoms with Crippen molar-refractivity contribution >= 4 is 38.9 Å². The average molecular weight is 519 g/mol. The Morgan fingerprint density at radius 3 is 2.42 bits per heavy atom. The lowest BCUT2D eigenvalue weighted by Crippen LogP contribution is -2.48. The lowest BCUT2D eigenvalue weighted by molar-refractivity contribution is -0.384. The van der Waals surface area contributed by atoms with E-state index in [0.29, 0.717) is 76.1 Å². The molecule has 0 aliphatic carbocycles. The fourth-order valence-corrected chi connectivity index (χ4v) is 4.67. The molecule has 2 aliphatic heterocycles. The number of amides is 1. The second-order valence-electron chi connectivity index (χ2n) is 7.89. The molecule has 0 aromatic heterocycles. The first-order valence-electron chi connectivity index (χ1n) is 11.1. The van der Waals surface area contributed by atoms with Crippen LogP contribution in [-0.2, 0) is 4.74 Å². The summed E-state index contributed by atoms with van der Waals surface area (Å²) in [6.07, 6.45) is 0. The third-order valence-corrected chi connectivity index (χ3v) is 6.54. The summed E-state index contributed by atoms with van der Waals surface area (Å²) in [5.41, 5.74) is 2.27. The molecule has 0 bridgehead atoms. The molecule has 2 heterocycles. The standard InChI is InChI=1S/C23H27BrN4O5/c1-2-33-22-6-3-17(15-19(22)24)23(29)27-9-7-25(8-10-27)18-4-5-20(28(30)31)21(16-18)26-11-13-32-14-12-26/h3-6,15-16H,2,7-14H2,1H3. The van der Waals surface area contributed by atoms with Crippen LogP contribution in [0.4, 0.5) is 17.1 Å². The molecule has 1 amide bonds. The van der Waals surface area contributed by atoms with Gasteiger partial charge in [0, 0.05) is 56.6 Å². The number of carbonyl (C=O) groups excluding carboxylic acids is 1. The van der Waals surface area contributed by atoms with Crippen LogP contribution < -0.4 is 14.5 Å². The summed E-state index contributed by atoms with van der Waals surface area (Å²) in [5, 5.41) is 11.6. The second kappa shape index (κ2) is 10.4. The topological polar surface area (TPSA) is 88.4 Å². The number of nitro groups is 1. The Morgan fingerprint density at radius 2 is 1.79 bits per heavy atom. The first kappa shape index (κ1) is 23.3. The maximum atomic E-state index is 13.0. The SMILES string of the molecule is CCOc1ccc(C(=O)N2CCN(c3ccc([N+](=O)[O-])c(N4CCOCC4)c3)CC2)cc1Br. The van der Waals surface area contributed by atoms with Crippen molar-refractivity contribution in [1.29, 1.82) is 0 Å². The molecule has 0 unspecified atom stereocenters. The number of rotatable bonds is 6. The highest BCUT2D eigenvalue weighted by Gasteiger charge is 2.26. The van der Waals surface area contributed by atoms with Crippen molar-refractivity contribution in [2.75, 3.05) is 68.9 Å². The molecular weight excluding hydrogens is 492 g/mol. The summed E-state index contributed by atoms with van der Waals surface area (Å²) in [6, 6.07) is 10.7. The predicted octanol–water partition coefficient (Wildman–Crippen LogP) is 3.56. The van der Waals surface area contributed by atoms with E-state index < -0.39 is 0 Å². The van der Waals surface area contributed by atoms with Gasteiger partial charge in [0.1, 0.15) is 11.4 Å². The highest BCUT2D eigenvalue weighted by atomic mass is 79.9. The van der Waals surface area contributed by atoms with E-state index in [2.05, 4.69) is 20.8 Å². The van der Waals surface area contributed by atoms with Crippen molar-refractivity contribution in [3.05, 3.63) is 56.5 Å². The molecule has 0 atom stereocenters. The van der Waals surface area contributed by atoms with E-state index in [1.54, 1.807) is 30.3 Å². The van der Waals surface area contributed by atoms with Crippen LogP contribution >= 0.6 is 15.9 Å². The highest BCUT2D eigenvalue weighted by Crippen LogP contribution is 2.34. The Balaban J connectivity index is 1.44. The van der Waals surface area contributed by atoms with Gasteiger partial charge in [-0.15, -0.1) is 0 Å². The molecule has 176 valence electrons. The number of nitrogens with zero attached hydrogens (tertiary/aromatic N) is 4. The molecule has 2 aromatic rings. The molecule has 0 N–H and O–H groups in total. The molecule has 0 spiro atoms. The van der Waals surface area contributed by atoms with Gasteiger partial charge in [-0.2, -0.15) is 0 Å². The molecule has 4 rings (SSSR count). The van der Waals surface area contributed by atoms with Crippen LogP contribution in [0.1, 0.15) is 17.3 Å². The van der Waals surface area contributed by atoms with Crippen LogP contribution in [0, 0.1) is 10.1 Å². The second-order valence-corrected chi connectivity index (χ2v) is 8.74. The molecular formula is C23H27BrN4O5. The number of carbonyl (C=O) groups is 1. The molecule has 0 saturated carbocycles. The summed E-state index contributed by atoms with van der Waals surface area (Å²) in [6.45, 7) is 7.32. The van der Waals surface area contributed by atoms with Crippen LogP contribution in [0.25, 0.3) is 0 Å². The van der Waals surface area contributed by atoms with E-state index in [1.807, 2.05) is 22.8 Å². The van der Waals surface area contributed by atoms with E-state index in [0.717, 1.165) is 10.2 Å². The highest BCUT2D eigenvalue weighted by molar-refractivity contribution is 9.10. The number of hydrogen-bond acceptors (Lipinski definition) is 7. The maximum absolute atomic E-state index is 13.0. The minimum absolute atomic E-state index is 0.0175. The number of piperazine rings is 1. The number of morpholine rings is 1. The van der Waals surface area contributed by atoms with Gasteiger partial charge in [0.2, 0.25) is 0 Å². The molecule has 10 heteroatoms. The number of halogens is 1. The summed E-state index contributed by atoms with van der Waals surface area (Å²) in [5.74, 6) is 0.698. The van der Waals surface area contributed by atoms with Crippen molar-refractivity contribution < 1.29 is 19.2 Å². The molecule has 2 aliphatic rings. The molecule has 2 aromatic carbocycles. The zero-order valence-corrected chi connectivity index (χ0v) is 20.1. The van der Waals surface area contributed by atoms with E-state index in [9.17, 15) is 14.9 Å². The number of ether oxygens (including phenoxy) is 2. The van der Waals surface area contributed by atoms with E-state index >= 15 is 0 Å². The van der Waals surface area contributed by atoms with Crippen LogP contribution in [0.3, 0.4) is 0 Å². The molecule has 0 radical (unpaired) electrons. The Bertz CT molecular complexity index is 1020. The van der Waals surface area contributed by atoms with Crippen molar-refractivity contribution in [1.82, 2.24) is 4.90 Å². The third-order valence-electron chi connectivity index (χ3n) is 5.92. The number of nitro benzene ring substituents is 1. The summed E-state index contributed by atoms with van der Waals surface area (Å²) < 4.78 is 11.7. The predicted molar refractivity (Wildman–Crippen MR) is 130 cm³/mol. The van der Waals surface area contributed by atoms with Gasteiger partial charge in [0.05, 0.1) is 29.2 Å². The minimum atomic E-state index is -0.333. The van der Waals surface area contributed by atoms with Gasteiger partial charge >= 0.3 is 0 Å². The van der Waals surface area contributed by atoms with Gasteiger partial charge in [-0.25, -0.2) is 0 Å². The van der Waals surface area contributed by atoms with Crippen LogP contribution in [0.15, 0.2) is 40.9 Å². The van der Waals surface area contributed by atoms with Gasteiger partial charge in [0.25, 0.3) is 11.6 Å². The lowest BCUT2D eigenvalue weighted by atomic mass is 10.1. The maximum Gasteiger partial charge on any atom is 0.292 e. The normalized spacial score (nSPS) is 16.6. The fourth-order valence-electron chi connectivity index (χ4n) is 4.18. The van der Waals surface area contributed by atoms with Crippen molar-refractivity contribution in [2.24, 2.45) is 0 Å². The first-order valence-corrected chi connectivity index (χ1v) is 11.8. The first-order chi connectivity index (χ1) is 16.0. The van der Waals surface area contributed by atoms with Gasteiger partial charge in [-0.05, 0) is 53.2 Å². The monoisotopic (exact) mass is 518 g/mol.